The van der Waals surface area contributed by atoms with Crippen molar-refractivity contribution in [2.45, 2.75) is 13.5 Å². The maximum atomic E-state index is 12.0. The fourth-order valence-corrected chi connectivity index (χ4v) is 1.84. The van der Waals surface area contributed by atoms with Crippen molar-refractivity contribution in [2.75, 3.05) is 5.32 Å². The number of pyridine rings is 1. The summed E-state index contributed by atoms with van der Waals surface area (Å²) in [7, 11) is 0. The van der Waals surface area contributed by atoms with Crippen LogP contribution in [0.2, 0.25) is 0 Å². The number of amides is 1. The van der Waals surface area contributed by atoms with E-state index in [-0.39, 0.29) is 18.1 Å². The summed E-state index contributed by atoms with van der Waals surface area (Å²) in [6.45, 7) is 1.96. The van der Waals surface area contributed by atoms with E-state index in [1.807, 2.05) is 0 Å². The van der Waals surface area contributed by atoms with E-state index in [9.17, 15) is 14.9 Å². The minimum absolute atomic E-state index is 0.0998. The van der Waals surface area contributed by atoms with Crippen LogP contribution in [0, 0.1) is 16.0 Å². The molecule has 0 radical (unpaired) electrons. The molecule has 0 fully saturated rings. The van der Waals surface area contributed by atoms with Crippen LogP contribution < -0.4 is 5.32 Å². The van der Waals surface area contributed by atoms with E-state index in [4.69, 9.17) is 0 Å². The molecule has 0 saturated heterocycles. The van der Waals surface area contributed by atoms with Crippen LogP contribution in [0.3, 0.4) is 0 Å². The predicted molar refractivity (Wildman–Crippen MR) is 78.6 cm³/mol. The standard InChI is InChI=1S/C12H12BrN5O3/c1-8(6-17-7-10(5-15-17)18(20)21)12(19)16-11-3-2-9(13)4-14-11/h2-5,7-8H,6H2,1H3,(H,14,16,19). The van der Waals surface area contributed by atoms with Crippen LogP contribution in [-0.4, -0.2) is 25.6 Å². The van der Waals surface area contributed by atoms with Crippen molar-refractivity contribution in [1.29, 1.82) is 0 Å². The number of hydrogen-bond acceptors (Lipinski definition) is 5. The fourth-order valence-electron chi connectivity index (χ4n) is 1.61. The molecule has 2 aromatic heterocycles. The molecule has 8 nitrogen and oxygen atoms in total. The summed E-state index contributed by atoms with van der Waals surface area (Å²) >= 11 is 3.26. The number of aromatic nitrogens is 3. The number of rotatable bonds is 5. The molecule has 0 aromatic carbocycles. The predicted octanol–water partition coefficient (Wildman–Crippen LogP) is 2.22. The first-order chi connectivity index (χ1) is 9.95. The summed E-state index contributed by atoms with van der Waals surface area (Å²) in [6, 6.07) is 3.44. The zero-order valence-corrected chi connectivity index (χ0v) is 12.6. The molecule has 2 aromatic rings. The lowest BCUT2D eigenvalue weighted by atomic mass is 10.1. The van der Waals surface area contributed by atoms with Gasteiger partial charge in [0.25, 0.3) is 0 Å². The number of halogens is 1. The molecule has 0 aliphatic rings. The van der Waals surface area contributed by atoms with Crippen molar-refractivity contribution in [3.05, 3.63) is 45.3 Å². The number of hydrogen-bond donors (Lipinski definition) is 1. The van der Waals surface area contributed by atoms with Crippen molar-refractivity contribution in [2.24, 2.45) is 5.92 Å². The molecule has 9 heteroatoms. The van der Waals surface area contributed by atoms with Gasteiger partial charge in [-0.25, -0.2) is 4.98 Å². The van der Waals surface area contributed by atoms with Crippen LogP contribution in [0.1, 0.15) is 6.92 Å². The molecular formula is C12H12BrN5O3. The average Bonchev–Trinajstić information content (AvgIpc) is 2.90. The molecular weight excluding hydrogens is 342 g/mol. The first-order valence-corrected chi connectivity index (χ1v) is 6.84. The molecule has 1 atom stereocenters. The maximum absolute atomic E-state index is 12.0. The third-order valence-electron chi connectivity index (χ3n) is 2.72. The lowest BCUT2D eigenvalue weighted by Gasteiger charge is -2.11. The highest BCUT2D eigenvalue weighted by Gasteiger charge is 2.16. The van der Waals surface area contributed by atoms with Crippen LogP contribution in [0.15, 0.2) is 35.2 Å². The van der Waals surface area contributed by atoms with Gasteiger partial charge in [0.1, 0.15) is 18.2 Å². The van der Waals surface area contributed by atoms with Crippen LogP contribution in [0.4, 0.5) is 11.5 Å². The minimum Gasteiger partial charge on any atom is -0.310 e. The van der Waals surface area contributed by atoms with E-state index in [2.05, 4.69) is 31.3 Å². The highest BCUT2D eigenvalue weighted by atomic mass is 79.9. The van der Waals surface area contributed by atoms with E-state index < -0.39 is 10.8 Å². The fraction of sp³-hybridized carbons (Fsp3) is 0.250. The third-order valence-corrected chi connectivity index (χ3v) is 3.19. The molecule has 0 saturated carbocycles. The van der Waals surface area contributed by atoms with Gasteiger partial charge in [-0.2, -0.15) is 5.10 Å². The normalized spacial score (nSPS) is 11.9. The Morgan fingerprint density at radius 3 is 2.86 bits per heavy atom. The van der Waals surface area contributed by atoms with Gasteiger partial charge in [-0.15, -0.1) is 0 Å². The smallest absolute Gasteiger partial charge is 0.306 e. The SMILES string of the molecule is CC(Cn1cc([N+](=O)[O-])cn1)C(=O)Nc1ccc(Br)cn1. The molecule has 110 valence electrons. The number of carbonyl (C=O) groups is 1. The summed E-state index contributed by atoms with van der Waals surface area (Å²) in [4.78, 5) is 26.1. The Kier molecular flexibility index (Phi) is 4.63. The molecule has 0 spiro atoms. The van der Waals surface area contributed by atoms with Gasteiger partial charge in [0.15, 0.2) is 0 Å². The molecule has 0 bridgehead atoms. The van der Waals surface area contributed by atoms with Crippen LogP contribution in [0.25, 0.3) is 0 Å². The zero-order valence-electron chi connectivity index (χ0n) is 11.1. The second-order valence-electron chi connectivity index (χ2n) is 4.43. The van der Waals surface area contributed by atoms with Gasteiger partial charge in [0, 0.05) is 10.7 Å². The van der Waals surface area contributed by atoms with E-state index in [0.29, 0.717) is 5.82 Å². The Bertz CT molecular complexity index is 655. The number of nitro groups is 1. The quantitative estimate of drug-likeness (QED) is 0.655. The van der Waals surface area contributed by atoms with Gasteiger partial charge in [0.05, 0.1) is 17.4 Å². The van der Waals surface area contributed by atoms with Crippen molar-refractivity contribution in [3.63, 3.8) is 0 Å². The molecule has 1 N–H and O–H groups in total. The Labute approximate surface area is 128 Å². The van der Waals surface area contributed by atoms with Crippen molar-refractivity contribution >= 4 is 33.3 Å². The monoisotopic (exact) mass is 353 g/mol. The lowest BCUT2D eigenvalue weighted by molar-refractivity contribution is -0.385. The Morgan fingerprint density at radius 1 is 1.52 bits per heavy atom. The van der Waals surface area contributed by atoms with E-state index in [0.717, 1.165) is 10.7 Å². The molecule has 0 aliphatic heterocycles. The summed E-state index contributed by atoms with van der Waals surface area (Å²) in [6.07, 6.45) is 4.03. The second kappa shape index (κ2) is 6.44. The van der Waals surface area contributed by atoms with Gasteiger partial charge in [-0.05, 0) is 28.1 Å². The van der Waals surface area contributed by atoms with Crippen LogP contribution in [-0.2, 0) is 11.3 Å². The van der Waals surface area contributed by atoms with Crippen LogP contribution >= 0.6 is 15.9 Å². The highest BCUT2D eigenvalue weighted by molar-refractivity contribution is 9.10. The molecule has 1 unspecified atom stereocenters. The largest absolute Gasteiger partial charge is 0.310 e. The summed E-state index contributed by atoms with van der Waals surface area (Å²) in [5.74, 6) is -0.195. The Morgan fingerprint density at radius 2 is 2.29 bits per heavy atom. The average molecular weight is 354 g/mol. The van der Waals surface area contributed by atoms with Crippen molar-refractivity contribution in [1.82, 2.24) is 14.8 Å². The molecule has 2 heterocycles. The first-order valence-electron chi connectivity index (χ1n) is 6.05. The van der Waals surface area contributed by atoms with Gasteiger partial charge in [-0.1, -0.05) is 6.92 Å². The van der Waals surface area contributed by atoms with Gasteiger partial charge < -0.3 is 5.32 Å². The molecule has 1 amide bonds. The zero-order chi connectivity index (χ0) is 15.4. The maximum Gasteiger partial charge on any atom is 0.306 e. The van der Waals surface area contributed by atoms with E-state index in [1.54, 1.807) is 25.3 Å². The summed E-state index contributed by atoms with van der Waals surface area (Å²) in [5.41, 5.74) is -0.0998. The van der Waals surface area contributed by atoms with Gasteiger partial charge >= 0.3 is 5.69 Å². The number of nitrogens with zero attached hydrogens (tertiary/aromatic N) is 4. The van der Waals surface area contributed by atoms with Gasteiger partial charge in [-0.3, -0.25) is 19.6 Å². The molecule has 2 rings (SSSR count). The lowest BCUT2D eigenvalue weighted by Crippen LogP contribution is -2.25. The third kappa shape index (κ3) is 4.09. The van der Waals surface area contributed by atoms with Crippen molar-refractivity contribution < 1.29 is 9.72 Å². The first kappa shape index (κ1) is 15.1. The summed E-state index contributed by atoms with van der Waals surface area (Å²) < 4.78 is 2.19. The number of anilines is 1. The van der Waals surface area contributed by atoms with Crippen LogP contribution in [0.5, 0.6) is 0 Å². The van der Waals surface area contributed by atoms with E-state index >= 15 is 0 Å². The Balaban J connectivity index is 1.95. The van der Waals surface area contributed by atoms with Gasteiger partial charge in [0.2, 0.25) is 5.91 Å². The second-order valence-corrected chi connectivity index (χ2v) is 5.35. The number of carbonyl (C=O) groups excluding carboxylic acids is 1. The molecule has 21 heavy (non-hydrogen) atoms. The highest BCUT2D eigenvalue weighted by Crippen LogP contribution is 2.13. The molecule has 0 aliphatic carbocycles. The van der Waals surface area contributed by atoms with Crippen molar-refractivity contribution in [3.8, 4) is 0 Å². The number of nitrogens with one attached hydrogen (secondary N) is 1. The van der Waals surface area contributed by atoms with E-state index in [1.165, 1.54) is 10.9 Å². The summed E-state index contributed by atoms with van der Waals surface area (Å²) in [5, 5.41) is 17.1. The topological polar surface area (TPSA) is 103 Å². The minimum atomic E-state index is -0.528. The Hall–Kier alpha value is -2.29.